The van der Waals surface area contributed by atoms with Crippen molar-refractivity contribution in [1.82, 2.24) is 0 Å². The Morgan fingerprint density at radius 1 is 1.03 bits per heavy atom. The highest BCUT2D eigenvalue weighted by molar-refractivity contribution is 9.10. The van der Waals surface area contributed by atoms with Crippen LogP contribution >= 0.6 is 27.3 Å². The summed E-state index contributed by atoms with van der Waals surface area (Å²) in [7, 11) is 0. The summed E-state index contributed by atoms with van der Waals surface area (Å²) in [5.41, 5.74) is 3.86. The molecule has 0 fully saturated rings. The molecule has 1 heterocycles. The molecule has 0 radical (unpaired) electrons. The monoisotopic (exact) mass is 519 g/mol. The molecule has 0 bridgehead atoms. The standard InChI is InChI=1S/C26H22BrN3O2S/c1-16-6-8-17(9-7-16)23(31)14-22(25(32)29-19-12-10-18(27)11-13-19)30-26-21(15-28)20-4-2-3-5-24(20)33-26/h6-14,30H,2-5H2,1H3,(H,29,32). The Labute approximate surface area is 205 Å². The lowest BCUT2D eigenvalue weighted by Crippen LogP contribution is -2.21. The second-order valence-electron chi connectivity index (χ2n) is 7.90. The molecule has 0 saturated heterocycles. The van der Waals surface area contributed by atoms with Crippen LogP contribution in [0.15, 0.2) is 64.8 Å². The van der Waals surface area contributed by atoms with Gasteiger partial charge in [-0.3, -0.25) is 9.59 Å². The van der Waals surface area contributed by atoms with Gasteiger partial charge >= 0.3 is 0 Å². The molecule has 1 aromatic heterocycles. The molecule has 1 aliphatic carbocycles. The second kappa shape index (κ2) is 10.2. The first-order valence-corrected chi connectivity index (χ1v) is 12.3. The van der Waals surface area contributed by atoms with Crippen molar-refractivity contribution in [3.05, 3.63) is 91.9 Å². The van der Waals surface area contributed by atoms with Crippen LogP contribution in [-0.4, -0.2) is 11.7 Å². The predicted octanol–water partition coefficient (Wildman–Crippen LogP) is 6.39. The van der Waals surface area contributed by atoms with Crippen molar-refractivity contribution in [3.8, 4) is 6.07 Å². The van der Waals surface area contributed by atoms with Gasteiger partial charge in [-0.2, -0.15) is 5.26 Å². The first-order valence-electron chi connectivity index (χ1n) is 10.7. The van der Waals surface area contributed by atoms with Gasteiger partial charge in [0.2, 0.25) is 0 Å². The minimum atomic E-state index is -0.451. The minimum Gasteiger partial charge on any atom is -0.342 e. The fraction of sp³-hybridized carbons (Fsp3) is 0.192. The molecule has 0 saturated carbocycles. The molecular formula is C26H22BrN3O2S. The van der Waals surface area contributed by atoms with E-state index >= 15 is 0 Å². The van der Waals surface area contributed by atoms with E-state index in [1.165, 1.54) is 22.3 Å². The molecule has 7 heteroatoms. The Balaban J connectivity index is 1.68. The first-order chi connectivity index (χ1) is 15.9. The molecule has 2 N–H and O–H groups in total. The topological polar surface area (TPSA) is 82.0 Å². The van der Waals surface area contributed by atoms with Gasteiger partial charge in [-0.1, -0.05) is 45.8 Å². The highest BCUT2D eigenvalue weighted by atomic mass is 79.9. The number of anilines is 2. The van der Waals surface area contributed by atoms with Gasteiger partial charge in [-0.05, 0) is 62.4 Å². The summed E-state index contributed by atoms with van der Waals surface area (Å²) in [6, 6.07) is 16.7. The number of hydrogen-bond acceptors (Lipinski definition) is 5. The summed E-state index contributed by atoms with van der Waals surface area (Å²) in [4.78, 5) is 27.3. The zero-order chi connectivity index (χ0) is 23.4. The zero-order valence-electron chi connectivity index (χ0n) is 18.1. The van der Waals surface area contributed by atoms with E-state index < -0.39 is 5.91 Å². The number of carbonyl (C=O) groups excluding carboxylic acids is 2. The number of nitriles is 1. The Morgan fingerprint density at radius 2 is 1.73 bits per heavy atom. The molecule has 5 nitrogen and oxygen atoms in total. The lowest BCUT2D eigenvalue weighted by atomic mass is 9.96. The van der Waals surface area contributed by atoms with Crippen LogP contribution in [0.1, 0.15) is 44.8 Å². The molecule has 0 atom stereocenters. The molecule has 0 spiro atoms. The lowest BCUT2D eigenvalue weighted by molar-refractivity contribution is -0.112. The van der Waals surface area contributed by atoms with Gasteiger partial charge in [-0.25, -0.2) is 0 Å². The van der Waals surface area contributed by atoms with Crippen molar-refractivity contribution < 1.29 is 9.59 Å². The van der Waals surface area contributed by atoms with Crippen LogP contribution in [0.5, 0.6) is 0 Å². The molecule has 33 heavy (non-hydrogen) atoms. The SMILES string of the molecule is Cc1ccc(C(=O)C=C(Nc2sc3c(c2C#N)CCCC3)C(=O)Nc2ccc(Br)cc2)cc1. The van der Waals surface area contributed by atoms with Crippen LogP contribution in [0, 0.1) is 18.3 Å². The van der Waals surface area contributed by atoms with Gasteiger partial charge in [0.1, 0.15) is 16.8 Å². The number of thiophene rings is 1. The average Bonchev–Trinajstić information content (AvgIpc) is 3.17. The van der Waals surface area contributed by atoms with Crippen molar-refractivity contribution in [2.75, 3.05) is 10.6 Å². The number of benzene rings is 2. The number of ketones is 1. The van der Waals surface area contributed by atoms with Crippen LogP contribution < -0.4 is 10.6 Å². The predicted molar refractivity (Wildman–Crippen MR) is 136 cm³/mol. The fourth-order valence-electron chi connectivity index (χ4n) is 3.72. The smallest absolute Gasteiger partial charge is 0.272 e. The van der Waals surface area contributed by atoms with E-state index in [1.807, 2.05) is 31.2 Å². The van der Waals surface area contributed by atoms with Crippen LogP contribution in [0.2, 0.25) is 0 Å². The van der Waals surface area contributed by atoms with Crippen molar-refractivity contribution >= 4 is 49.6 Å². The first kappa shape index (κ1) is 23.0. The highest BCUT2D eigenvalue weighted by Gasteiger charge is 2.23. The molecule has 2 aromatic carbocycles. The van der Waals surface area contributed by atoms with Crippen LogP contribution in [-0.2, 0) is 17.6 Å². The van der Waals surface area contributed by atoms with Crippen molar-refractivity contribution in [2.45, 2.75) is 32.6 Å². The number of amides is 1. The van der Waals surface area contributed by atoms with Gasteiger partial charge in [0.25, 0.3) is 5.91 Å². The number of fused-ring (bicyclic) bond motifs is 1. The summed E-state index contributed by atoms with van der Waals surface area (Å²) >= 11 is 4.88. The second-order valence-corrected chi connectivity index (χ2v) is 9.92. The van der Waals surface area contributed by atoms with E-state index in [0.29, 0.717) is 21.8 Å². The number of carbonyl (C=O) groups is 2. The molecule has 0 aliphatic heterocycles. The maximum Gasteiger partial charge on any atom is 0.272 e. The van der Waals surface area contributed by atoms with Gasteiger partial charge in [0.15, 0.2) is 5.78 Å². The Hall–Kier alpha value is -3.21. The maximum atomic E-state index is 13.2. The zero-order valence-corrected chi connectivity index (χ0v) is 20.5. The largest absolute Gasteiger partial charge is 0.342 e. The normalized spacial score (nSPS) is 13.1. The summed E-state index contributed by atoms with van der Waals surface area (Å²) in [5, 5.41) is 16.3. The highest BCUT2D eigenvalue weighted by Crippen LogP contribution is 2.38. The third-order valence-corrected chi connectivity index (χ3v) is 7.23. The number of rotatable bonds is 6. The van der Waals surface area contributed by atoms with E-state index in [4.69, 9.17) is 0 Å². The van der Waals surface area contributed by atoms with Crippen molar-refractivity contribution in [2.24, 2.45) is 0 Å². The Morgan fingerprint density at radius 3 is 2.42 bits per heavy atom. The maximum absolute atomic E-state index is 13.2. The van der Waals surface area contributed by atoms with E-state index in [-0.39, 0.29) is 11.5 Å². The number of hydrogen-bond donors (Lipinski definition) is 2. The third kappa shape index (κ3) is 5.41. The molecule has 3 aromatic rings. The van der Waals surface area contributed by atoms with Gasteiger partial charge in [0.05, 0.1) is 5.56 Å². The number of aryl methyl sites for hydroxylation is 2. The molecule has 0 unspecified atom stereocenters. The van der Waals surface area contributed by atoms with Gasteiger partial charge in [0, 0.05) is 26.7 Å². The molecule has 1 aliphatic rings. The van der Waals surface area contributed by atoms with Gasteiger partial charge < -0.3 is 10.6 Å². The summed E-state index contributed by atoms with van der Waals surface area (Å²) < 4.78 is 0.895. The Bertz CT molecular complexity index is 1270. The van der Waals surface area contributed by atoms with E-state index in [9.17, 15) is 14.9 Å². The summed E-state index contributed by atoms with van der Waals surface area (Å²) in [5.74, 6) is -0.740. The molecule has 166 valence electrons. The van der Waals surface area contributed by atoms with Crippen molar-refractivity contribution in [3.63, 3.8) is 0 Å². The van der Waals surface area contributed by atoms with Crippen molar-refractivity contribution in [1.29, 1.82) is 5.26 Å². The van der Waals surface area contributed by atoms with Crippen LogP contribution in [0.4, 0.5) is 10.7 Å². The van der Waals surface area contributed by atoms with Crippen LogP contribution in [0.3, 0.4) is 0 Å². The van der Waals surface area contributed by atoms with E-state index in [1.54, 1.807) is 24.3 Å². The molecule has 4 rings (SSSR count). The van der Waals surface area contributed by atoms with Crippen LogP contribution in [0.25, 0.3) is 0 Å². The third-order valence-electron chi connectivity index (χ3n) is 5.49. The number of nitrogens with one attached hydrogen (secondary N) is 2. The Kier molecular flexibility index (Phi) is 7.07. The fourth-order valence-corrected chi connectivity index (χ4v) is 5.23. The molecule has 1 amide bonds. The average molecular weight is 520 g/mol. The van der Waals surface area contributed by atoms with E-state index in [2.05, 4.69) is 32.6 Å². The quantitative estimate of drug-likeness (QED) is 0.292. The number of nitrogens with zero attached hydrogens (tertiary/aromatic N) is 1. The van der Waals surface area contributed by atoms with E-state index in [0.717, 1.165) is 41.3 Å². The van der Waals surface area contributed by atoms with Gasteiger partial charge in [-0.15, -0.1) is 11.3 Å². The minimum absolute atomic E-state index is 0.0959. The molecular weight excluding hydrogens is 498 g/mol. The summed E-state index contributed by atoms with van der Waals surface area (Å²) in [6.07, 6.45) is 5.25. The lowest BCUT2D eigenvalue weighted by Gasteiger charge is -2.11. The number of allylic oxidation sites excluding steroid dienone is 1. The summed E-state index contributed by atoms with van der Waals surface area (Å²) in [6.45, 7) is 1.95. The number of halogens is 1.